The van der Waals surface area contributed by atoms with E-state index in [1.54, 1.807) is 18.4 Å². The van der Waals surface area contributed by atoms with Gasteiger partial charge in [-0.3, -0.25) is 4.21 Å². The van der Waals surface area contributed by atoms with Crippen LogP contribution in [0, 0.1) is 0 Å². The zero-order chi connectivity index (χ0) is 15.7. The van der Waals surface area contributed by atoms with Gasteiger partial charge in [0.15, 0.2) is 5.16 Å². The molecule has 1 heterocycles. The van der Waals surface area contributed by atoms with E-state index in [1.807, 2.05) is 36.4 Å². The van der Waals surface area contributed by atoms with E-state index < -0.39 is 10.8 Å². The standard InChI is InChI=1S/C16H12Cl2N2OS/c1-22(21)16-19-14(10-2-6-12(17)7-3-10)15(20-16)11-4-8-13(18)9-5-11/h2-9H,1H3,(H,19,20)/t22-/m0/s1. The molecule has 0 aliphatic carbocycles. The molecule has 0 amide bonds. The van der Waals surface area contributed by atoms with Crippen LogP contribution in [0.15, 0.2) is 53.7 Å². The van der Waals surface area contributed by atoms with Crippen LogP contribution in [0.4, 0.5) is 0 Å². The van der Waals surface area contributed by atoms with Crippen molar-refractivity contribution in [3.8, 4) is 22.5 Å². The number of benzene rings is 2. The molecule has 0 bridgehead atoms. The van der Waals surface area contributed by atoms with Crippen LogP contribution in [-0.2, 0) is 10.8 Å². The molecule has 1 atom stereocenters. The Bertz CT molecular complexity index is 763. The predicted molar refractivity (Wildman–Crippen MR) is 91.8 cm³/mol. The number of rotatable bonds is 3. The minimum Gasteiger partial charge on any atom is -0.330 e. The molecule has 0 saturated heterocycles. The van der Waals surface area contributed by atoms with Gasteiger partial charge in [0, 0.05) is 27.4 Å². The van der Waals surface area contributed by atoms with Gasteiger partial charge in [-0.05, 0) is 24.3 Å². The summed E-state index contributed by atoms with van der Waals surface area (Å²) in [6.45, 7) is 0. The fraction of sp³-hybridized carbons (Fsp3) is 0.0625. The predicted octanol–water partition coefficient (Wildman–Crippen LogP) is 4.79. The summed E-state index contributed by atoms with van der Waals surface area (Å²) < 4.78 is 11.8. The van der Waals surface area contributed by atoms with Crippen molar-refractivity contribution in [3.05, 3.63) is 58.6 Å². The van der Waals surface area contributed by atoms with E-state index in [-0.39, 0.29) is 0 Å². The minimum atomic E-state index is -1.19. The zero-order valence-corrected chi connectivity index (χ0v) is 14.0. The van der Waals surface area contributed by atoms with Crippen molar-refractivity contribution in [2.75, 3.05) is 6.26 Å². The lowest BCUT2D eigenvalue weighted by Crippen LogP contribution is -1.89. The average Bonchev–Trinajstić information content (AvgIpc) is 2.94. The van der Waals surface area contributed by atoms with Crippen molar-refractivity contribution in [3.63, 3.8) is 0 Å². The molecule has 0 fully saturated rings. The van der Waals surface area contributed by atoms with Crippen LogP contribution in [0.3, 0.4) is 0 Å². The van der Waals surface area contributed by atoms with Crippen LogP contribution in [0.1, 0.15) is 0 Å². The quantitative estimate of drug-likeness (QED) is 0.738. The Morgan fingerprint density at radius 3 is 1.91 bits per heavy atom. The van der Waals surface area contributed by atoms with Crippen molar-refractivity contribution in [1.29, 1.82) is 0 Å². The lowest BCUT2D eigenvalue weighted by Gasteiger charge is -2.03. The maximum absolute atomic E-state index is 11.8. The molecule has 3 aromatic rings. The summed E-state index contributed by atoms with van der Waals surface area (Å²) in [7, 11) is -1.19. The van der Waals surface area contributed by atoms with Gasteiger partial charge in [0.2, 0.25) is 0 Å². The third kappa shape index (κ3) is 3.09. The van der Waals surface area contributed by atoms with E-state index in [9.17, 15) is 4.21 Å². The number of halogens is 2. The lowest BCUT2D eigenvalue weighted by atomic mass is 10.1. The normalized spacial score (nSPS) is 12.3. The highest BCUT2D eigenvalue weighted by atomic mass is 35.5. The Morgan fingerprint density at radius 1 is 0.909 bits per heavy atom. The van der Waals surface area contributed by atoms with Crippen LogP contribution in [-0.4, -0.2) is 20.4 Å². The summed E-state index contributed by atoms with van der Waals surface area (Å²) in [5.74, 6) is 0. The largest absolute Gasteiger partial charge is 0.330 e. The summed E-state index contributed by atoms with van der Waals surface area (Å²) in [6, 6.07) is 14.8. The summed E-state index contributed by atoms with van der Waals surface area (Å²) in [5, 5.41) is 1.76. The molecule has 2 aromatic carbocycles. The van der Waals surface area contributed by atoms with Gasteiger partial charge < -0.3 is 4.98 Å². The molecule has 1 N–H and O–H groups in total. The monoisotopic (exact) mass is 350 g/mol. The first-order chi connectivity index (χ1) is 10.5. The van der Waals surface area contributed by atoms with Crippen LogP contribution in [0.5, 0.6) is 0 Å². The van der Waals surface area contributed by atoms with Gasteiger partial charge in [-0.15, -0.1) is 0 Å². The molecule has 0 aliphatic rings. The number of imidazole rings is 1. The van der Waals surface area contributed by atoms with Crippen LogP contribution >= 0.6 is 23.2 Å². The highest BCUT2D eigenvalue weighted by Gasteiger charge is 2.15. The molecule has 3 nitrogen and oxygen atoms in total. The average molecular weight is 351 g/mol. The zero-order valence-electron chi connectivity index (χ0n) is 11.6. The fourth-order valence-electron chi connectivity index (χ4n) is 2.13. The lowest BCUT2D eigenvalue weighted by molar-refractivity contribution is 0.681. The van der Waals surface area contributed by atoms with E-state index in [2.05, 4.69) is 9.97 Å². The summed E-state index contributed by atoms with van der Waals surface area (Å²) in [4.78, 5) is 7.62. The summed E-state index contributed by atoms with van der Waals surface area (Å²) in [5.41, 5.74) is 3.38. The number of H-pyrrole nitrogens is 1. The van der Waals surface area contributed by atoms with Gasteiger partial charge in [0.25, 0.3) is 0 Å². The van der Waals surface area contributed by atoms with Gasteiger partial charge in [-0.2, -0.15) is 0 Å². The first-order valence-electron chi connectivity index (χ1n) is 6.50. The van der Waals surface area contributed by atoms with Crippen LogP contribution < -0.4 is 0 Å². The van der Waals surface area contributed by atoms with E-state index in [0.29, 0.717) is 15.2 Å². The second-order valence-corrected chi connectivity index (χ2v) is 6.90. The maximum Gasteiger partial charge on any atom is 0.197 e. The molecule has 0 unspecified atom stereocenters. The first kappa shape index (κ1) is 15.3. The Hall–Kier alpha value is -1.62. The highest BCUT2D eigenvalue weighted by molar-refractivity contribution is 7.84. The van der Waals surface area contributed by atoms with E-state index in [4.69, 9.17) is 23.2 Å². The number of hydrogen-bond donors (Lipinski definition) is 1. The van der Waals surface area contributed by atoms with E-state index in [1.165, 1.54) is 0 Å². The third-order valence-corrected chi connectivity index (χ3v) is 4.45. The third-order valence-electron chi connectivity index (χ3n) is 3.20. The van der Waals surface area contributed by atoms with Crippen molar-refractivity contribution >= 4 is 34.0 Å². The molecule has 0 aliphatic heterocycles. The van der Waals surface area contributed by atoms with Gasteiger partial charge in [0.05, 0.1) is 22.2 Å². The molecule has 0 saturated carbocycles. The molecule has 22 heavy (non-hydrogen) atoms. The van der Waals surface area contributed by atoms with E-state index in [0.717, 1.165) is 22.5 Å². The van der Waals surface area contributed by atoms with Crippen LogP contribution in [0.25, 0.3) is 22.5 Å². The van der Waals surface area contributed by atoms with Gasteiger partial charge in [0.1, 0.15) is 0 Å². The number of nitrogens with one attached hydrogen (secondary N) is 1. The highest BCUT2D eigenvalue weighted by Crippen LogP contribution is 2.32. The van der Waals surface area contributed by atoms with Crippen molar-refractivity contribution in [2.45, 2.75) is 5.16 Å². The number of aromatic amines is 1. The topological polar surface area (TPSA) is 45.8 Å². The van der Waals surface area contributed by atoms with Gasteiger partial charge >= 0.3 is 0 Å². The molecular weight excluding hydrogens is 339 g/mol. The Kier molecular flexibility index (Phi) is 4.34. The van der Waals surface area contributed by atoms with E-state index >= 15 is 0 Å². The smallest absolute Gasteiger partial charge is 0.197 e. The maximum atomic E-state index is 11.8. The SMILES string of the molecule is C[S@](=O)c1nc(-c2ccc(Cl)cc2)c(-c2ccc(Cl)cc2)[nH]1. The molecule has 0 spiro atoms. The van der Waals surface area contributed by atoms with Crippen molar-refractivity contribution in [2.24, 2.45) is 0 Å². The second kappa shape index (κ2) is 6.24. The second-order valence-electron chi connectivity index (χ2n) is 4.73. The first-order valence-corrected chi connectivity index (χ1v) is 8.81. The molecule has 3 rings (SSSR count). The summed E-state index contributed by atoms with van der Waals surface area (Å²) in [6.07, 6.45) is 1.59. The minimum absolute atomic E-state index is 0.440. The molecular formula is C16H12Cl2N2OS. The number of nitrogens with zero attached hydrogens (tertiary/aromatic N) is 1. The molecule has 0 radical (unpaired) electrons. The van der Waals surface area contributed by atoms with Gasteiger partial charge in [-0.25, -0.2) is 4.98 Å². The Balaban J connectivity index is 2.17. The fourth-order valence-corrected chi connectivity index (χ4v) is 2.85. The van der Waals surface area contributed by atoms with Crippen molar-refractivity contribution < 1.29 is 4.21 Å². The van der Waals surface area contributed by atoms with Gasteiger partial charge in [-0.1, -0.05) is 47.5 Å². The molecule has 112 valence electrons. The Morgan fingerprint density at radius 2 is 1.41 bits per heavy atom. The van der Waals surface area contributed by atoms with Crippen LogP contribution in [0.2, 0.25) is 10.0 Å². The number of aromatic nitrogens is 2. The molecule has 6 heteroatoms. The summed E-state index contributed by atoms with van der Waals surface area (Å²) >= 11 is 11.9. The molecule has 1 aromatic heterocycles. The number of hydrogen-bond acceptors (Lipinski definition) is 2. The Labute approximate surface area is 140 Å². The van der Waals surface area contributed by atoms with Crippen molar-refractivity contribution in [1.82, 2.24) is 9.97 Å².